The maximum Gasteiger partial charge on any atom is 0.0700 e. The minimum Gasteiger partial charge on any atom is -0.309 e. The van der Waals surface area contributed by atoms with Crippen molar-refractivity contribution in [2.45, 2.75) is 19.5 Å². The average Bonchev–Trinajstić information content (AvgIpc) is 3.04. The number of aromatic nitrogens is 2. The predicted octanol–water partition coefficient (Wildman–Crippen LogP) is 3.49. The Morgan fingerprint density at radius 1 is 1.44 bits per heavy atom. The maximum absolute atomic E-state index is 4.35. The summed E-state index contributed by atoms with van der Waals surface area (Å²) < 4.78 is 4.71. The van der Waals surface area contributed by atoms with Crippen LogP contribution in [0.3, 0.4) is 0 Å². The lowest BCUT2D eigenvalue weighted by atomic mass is 10.1. The van der Waals surface area contributed by atoms with E-state index in [0.717, 1.165) is 6.54 Å². The fraction of sp³-hybridized carbons (Fsp3) is 0.308. The minimum atomic E-state index is 0.245. The van der Waals surface area contributed by atoms with Crippen LogP contribution >= 0.6 is 22.7 Å². The Hall–Kier alpha value is -1.17. The van der Waals surface area contributed by atoms with E-state index in [1.165, 1.54) is 19.8 Å². The van der Waals surface area contributed by atoms with Crippen molar-refractivity contribution in [3.63, 3.8) is 0 Å². The SMILES string of the molecule is CCn1cc(C(NC)c2cc3sccc3s2)cn1. The van der Waals surface area contributed by atoms with Gasteiger partial charge in [0.1, 0.15) is 0 Å². The average molecular weight is 277 g/mol. The molecule has 0 saturated carbocycles. The van der Waals surface area contributed by atoms with E-state index in [4.69, 9.17) is 0 Å². The third kappa shape index (κ3) is 1.98. The van der Waals surface area contributed by atoms with E-state index in [1.54, 1.807) is 11.3 Å². The number of rotatable bonds is 4. The Morgan fingerprint density at radius 3 is 3.00 bits per heavy atom. The molecule has 0 amide bonds. The topological polar surface area (TPSA) is 29.9 Å². The first-order chi connectivity index (χ1) is 8.81. The molecule has 0 aliphatic heterocycles. The van der Waals surface area contributed by atoms with Crippen LogP contribution in [-0.4, -0.2) is 16.8 Å². The number of aryl methyl sites for hydroxylation is 1. The fourth-order valence-electron chi connectivity index (χ4n) is 2.10. The summed E-state index contributed by atoms with van der Waals surface area (Å²) in [6.45, 7) is 3.02. The van der Waals surface area contributed by atoms with Gasteiger partial charge in [-0.3, -0.25) is 4.68 Å². The quantitative estimate of drug-likeness (QED) is 0.791. The molecule has 3 heterocycles. The Kier molecular flexibility index (Phi) is 3.20. The van der Waals surface area contributed by atoms with Gasteiger partial charge in [0, 0.05) is 32.6 Å². The van der Waals surface area contributed by atoms with Gasteiger partial charge < -0.3 is 5.32 Å². The summed E-state index contributed by atoms with van der Waals surface area (Å²) >= 11 is 3.66. The lowest BCUT2D eigenvalue weighted by molar-refractivity contribution is 0.655. The monoisotopic (exact) mass is 277 g/mol. The molecule has 3 nitrogen and oxygen atoms in total. The Morgan fingerprint density at radius 2 is 2.33 bits per heavy atom. The standard InChI is InChI=1S/C13H15N3S2/c1-3-16-8-9(7-15-16)13(14-2)12-6-11-10(18-12)4-5-17-11/h4-8,13-14H,3H2,1-2H3. The first-order valence-corrected chi connectivity index (χ1v) is 7.68. The van der Waals surface area contributed by atoms with E-state index >= 15 is 0 Å². The molecule has 0 saturated heterocycles. The van der Waals surface area contributed by atoms with Gasteiger partial charge in [0.25, 0.3) is 0 Å². The van der Waals surface area contributed by atoms with E-state index < -0.39 is 0 Å². The Labute approximate surface area is 114 Å². The van der Waals surface area contributed by atoms with Gasteiger partial charge in [-0.25, -0.2) is 0 Å². The lowest BCUT2D eigenvalue weighted by Gasteiger charge is -2.11. The molecule has 3 aromatic rings. The summed E-state index contributed by atoms with van der Waals surface area (Å²) in [5, 5.41) is 9.89. The first-order valence-electron chi connectivity index (χ1n) is 5.98. The van der Waals surface area contributed by atoms with Gasteiger partial charge in [0.05, 0.1) is 12.2 Å². The number of fused-ring (bicyclic) bond motifs is 1. The van der Waals surface area contributed by atoms with Crippen LogP contribution in [0.1, 0.15) is 23.4 Å². The van der Waals surface area contributed by atoms with Crippen molar-refractivity contribution in [2.24, 2.45) is 0 Å². The molecule has 1 unspecified atom stereocenters. The smallest absolute Gasteiger partial charge is 0.0700 e. The van der Waals surface area contributed by atoms with Crippen LogP contribution < -0.4 is 5.32 Å². The van der Waals surface area contributed by atoms with Gasteiger partial charge in [-0.05, 0) is 31.5 Å². The zero-order chi connectivity index (χ0) is 12.5. The second kappa shape index (κ2) is 4.84. The molecule has 1 N–H and O–H groups in total. The van der Waals surface area contributed by atoms with E-state index in [2.05, 4.69) is 41.0 Å². The molecule has 18 heavy (non-hydrogen) atoms. The number of nitrogens with one attached hydrogen (secondary N) is 1. The van der Waals surface area contributed by atoms with E-state index in [-0.39, 0.29) is 6.04 Å². The second-order valence-corrected chi connectivity index (χ2v) is 6.21. The van der Waals surface area contributed by atoms with Crippen molar-refractivity contribution in [3.8, 4) is 0 Å². The highest BCUT2D eigenvalue weighted by Crippen LogP contribution is 2.35. The zero-order valence-electron chi connectivity index (χ0n) is 10.4. The van der Waals surface area contributed by atoms with Crippen molar-refractivity contribution in [1.29, 1.82) is 0 Å². The molecule has 0 aliphatic rings. The molecule has 3 aromatic heterocycles. The van der Waals surface area contributed by atoms with Crippen molar-refractivity contribution < 1.29 is 0 Å². The van der Waals surface area contributed by atoms with Crippen molar-refractivity contribution in [2.75, 3.05) is 7.05 Å². The number of hydrogen-bond acceptors (Lipinski definition) is 4. The maximum atomic E-state index is 4.35. The van der Waals surface area contributed by atoms with Crippen LogP contribution in [0.5, 0.6) is 0 Å². The predicted molar refractivity (Wildman–Crippen MR) is 78.5 cm³/mol. The molecule has 94 valence electrons. The summed E-state index contributed by atoms with van der Waals surface area (Å²) in [5.41, 5.74) is 1.23. The summed E-state index contributed by atoms with van der Waals surface area (Å²) in [5.74, 6) is 0. The van der Waals surface area contributed by atoms with Crippen LogP contribution in [0.15, 0.2) is 29.9 Å². The highest BCUT2D eigenvalue weighted by atomic mass is 32.1. The molecule has 5 heteroatoms. The van der Waals surface area contributed by atoms with Gasteiger partial charge in [0.15, 0.2) is 0 Å². The highest BCUT2D eigenvalue weighted by molar-refractivity contribution is 7.27. The number of thiophene rings is 2. The van der Waals surface area contributed by atoms with Crippen LogP contribution in [-0.2, 0) is 6.54 Å². The lowest BCUT2D eigenvalue weighted by Crippen LogP contribution is -2.15. The molecule has 0 spiro atoms. The van der Waals surface area contributed by atoms with Crippen LogP contribution in [0.2, 0.25) is 0 Å². The van der Waals surface area contributed by atoms with Gasteiger partial charge in [-0.2, -0.15) is 5.10 Å². The van der Waals surface area contributed by atoms with Crippen molar-refractivity contribution in [3.05, 3.63) is 40.3 Å². The molecule has 1 atom stereocenters. The zero-order valence-corrected chi connectivity index (χ0v) is 12.0. The van der Waals surface area contributed by atoms with Gasteiger partial charge in [-0.15, -0.1) is 22.7 Å². The molecule has 3 rings (SSSR count). The first kappa shape index (κ1) is 11.9. The van der Waals surface area contributed by atoms with E-state index in [9.17, 15) is 0 Å². The summed E-state index contributed by atoms with van der Waals surface area (Å²) in [7, 11) is 2.00. The highest BCUT2D eigenvalue weighted by Gasteiger charge is 2.17. The summed E-state index contributed by atoms with van der Waals surface area (Å²) in [6, 6.07) is 4.72. The molecular formula is C13H15N3S2. The minimum absolute atomic E-state index is 0.245. The van der Waals surface area contributed by atoms with Crippen molar-refractivity contribution in [1.82, 2.24) is 15.1 Å². The Bertz CT molecular complexity index is 621. The molecule has 0 radical (unpaired) electrons. The van der Waals surface area contributed by atoms with Gasteiger partial charge >= 0.3 is 0 Å². The normalized spacial score (nSPS) is 13.2. The van der Waals surface area contributed by atoms with Gasteiger partial charge in [0.2, 0.25) is 0 Å². The molecule has 0 bridgehead atoms. The third-order valence-corrected chi connectivity index (χ3v) is 5.20. The van der Waals surface area contributed by atoms with Crippen molar-refractivity contribution >= 4 is 32.1 Å². The van der Waals surface area contributed by atoms with Crippen LogP contribution in [0.4, 0.5) is 0 Å². The number of hydrogen-bond donors (Lipinski definition) is 1. The van der Waals surface area contributed by atoms with E-state index in [1.807, 2.05) is 29.3 Å². The largest absolute Gasteiger partial charge is 0.309 e. The molecule has 0 aromatic carbocycles. The second-order valence-electron chi connectivity index (χ2n) is 4.15. The molecule has 0 aliphatic carbocycles. The Balaban J connectivity index is 1.98. The molecular weight excluding hydrogens is 262 g/mol. The molecule has 0 fully saturated rings. The van der Waals surface area contributed by atoms with E-state index in [0.29, 0.717) is 0 Å². The van der Waals surface area contributed by atoms with Crippen LogP contribution in [0.25, 0.3) is 9.40 Å². The fourth-order valence-corrected chi connectivity index (χ4v) is 4.36. The third-order valence-electron chi connectivity index (χ3n) is 3.04. The van der Waals surface area contributed by atoms with Crippen LogP contribution in [0, 0.1) is 0 Å². The summed E-state index contributed by atoms with van der Waals surface area (Å²) in [4.78, 5) is 1.36. The summed E-state index contributed by atoms with van der Waals surface area (Å²) in [6.07, 6.45) is 4.08. The van der Waals surface area contributed by atoms with Gasteiger partial charge in [-0.1, -0.05) is 0 Å². The number of nitrogens with zero attached hydrogens (tertiary/aromatic N) is 2.